The highest BCUT2D eigenvalue weighted by atomic mass is 35.5. The van der Waals surface area contributed by atoms with Gasteiger partial charge < -0.3 is 9.80 Å². The minimum absolute atomic E-state index is 0.0494. The number of amides is 1. The van der Waals surface area contributed by atoms with E-state index in [2.05, 4.69) is 4.90 Å². The van der Waals surface area contributed by atoms with Crippen LogP contribution in [0.25, 0.3) is 0 Å². The molecule has 0 atom stereocenters. The van der Waals surface area contributed by atoms with Gasteiger partial charge in [0.1, 0.15) is 12.1 Å². The third-order valence-corrected chi connectivity index (χ3v) is 6.25. The van der Waals surface area contributed by atoms with Gasteiger partial charge in [0.25, 0.3) is 0 Å². The van der Waals surface area contributed by atoms with Crippen molar-refractivity contribution in [2.45, 2.75) is 38.3 Å². The first-order chi connectivity index (χ1) is 14.1. The summed E-state index contributed by atoms with van der Waals surface area (Å²) in [5, 5.41) is 0.372. The summed E-state index contributed by atoms with van der Waals surface area (Å²) in [7, 11) is 0. The number of carbonyl (C=O) groups is 2. The van der Waals surface area contributed by atoms with Crippen molar-refractivity contribution in [1.29, 1.82) is 0 Å². The predicted molar refractivity (Wildman–Crippen MR) is 112 cm³/mol. The lowest BCUT2D eigenvalue weighted by Crippen LogP contribution is -2.43. The summed E-state index contributed by atoms with van der Waals surface area (Å²) < 4.78 is 14.2. The fourth-order valence-corrected chi connectivity index (χ4v) is 4.23. The average molecular weight is 415 g/mol. The van der Waals surface area contributed by atoms with Crippen LogP contribution in [0.2, 0.25) is 5.02 Å². The number of hydrogen-bond donors (Lipinski definition) is 0. The molecule has 0 unspecified atom stereocenters. The number of piperidine rings is 1. The Balaban J connectivity index is 1.41. The molecule has 1 aliphatic carbocycles. The molecule has 1 saturated carbocycles. The lowest BCUT2D eigenvalue weighted by atomic mass is 9.94. The highest BCUT2D eigenvalue weighted by Gasteiger charge is 2.37. The fraction of sp³-hybridized carbons (Fsp3) is 0.391. The lowest BCUT2D eigenvalue weighted by molar-refractivity contribution is -0.137. The van der Waals surface area contributed by atoms with Gasteiger partial charge in [-0.1, -0.05) is 17.7 Å². The number of nitrogens with zero attached hydrogens (tertiary/aromatic N) is 2. The van der Waals surface area contributed by atoms with Crippen molar-refractivity contribution in [2.75, 3.05) is 18.0 Å². The molecule has 0 bridgehead atoms. The van der Waals surface area contributed by atoms with Gasteiger partial charge in [0, 0.05) is 46.9 Å². The zero-order chi connectivity index (χ0) is 20.4. The standard InChI is InChI=1S/C23H24ClFN2O2/c24-21-2-1-3-22(25)20(21)14-27(19-8-9-19)23(29)17-10-12-26(13-11-17)18-6-4-16(15-28)5-7-18/h1-7,15,17,19H,8-14H2. The van der Waals surface area contributed by atoms with Crippen LogP contribution < -0.4 is 4.90 Å². The summed E-state index contributed by atoms with van der Waals surface area (Å²) in [5.74, 6) is -0.293. The van der Waals surface area contributed by atoms with Crippen LogP contribution >= 0.6 is 11.6 Å². The summed E-state index contributed by atoms with van der Waals surface area (Å²) in [6.07, 6.45) is 4.31. The summed E-state index contributed by atoms with van der Waals surface area (Å²) >= 11 is 6.19. The van der Waals surface area contributed by atoms with Crippen LogP contribution in [0.1, 0.15) is 41.6 Å². The van der Waals surface area contributed by atoms with Gasteiger partial charge in [-0.2, -0.15) is 0 Å². The van der Waals surface area contributed by atoms with E-state index >= 15 is 0 Å². The zero-order valence-corrected chi connectivity index (χ0v) is 16.9. The quantitative estimate of drug-likeness (QED) is 0.643. The highest BCUT2D eigenvalue weighted by molar-refractivity contribution is 6.31. The first kappa shape index (κ1) is 19.9. The van der Waals surface area contributed by atoms with Gasteiger partial charge in [0.2, 0.25) is 5.91 Å². The highest BCUT2D eigenvalue weighted by Crippen LogP contribution is 2.34. The molecule has 152 valence electrons. The van der Waals surface area contributed by atoms with Crippen molar-refractivity contribution in [2.24, 2.45) is 5.92 Å². The molecule has 0 aromatic heterocycles. The minimum Gasteiger partial charge on any atom is -0.371 e. The van der Waals surface area contributed by atoms with Crippen LogP contribution in [0.5, 0.6) is 0 Å². The van der Waals surface area contributed by atoms with Crippen LogP contribution in [0.4, 0.5) is 10.1 Å². The Bertz CT molecular complexity index is 870. The van der Waals surface area contributed by atoms with Crippen LogP contribution in [0.3, 0.4) is 0 Å². The molecule has 29 heavy (non-hydrogen) atoms. The first-order valence-electron chi connectivity index (χ1n) is 10.1. The van der Waals surface area contributed by atoms with E-state index in [1.165, 1.54) is 6.07 Å². The fourth-order valence-electron chi connectivity index (χ4n) is 4.01. The van der Waals surface area contributed by atoms with Gasteiger partial charge in [0.05, 0.1) is 6.54 Å². The maximum atomic E-state index is 14.2. The van der Waals surface area contributed by atoms with E-state index < -0.39 is 0 Å². The molecule has 2 aromatic rings. The van der Waals surface area contributed by atoms with Gasteiger partial charge >= 0.3 is 0 Å². The van der Waals surface area contributed by atoms with E-state index in [1.54, 1.807) is 12.1 Å². The Kier molecular flexibility index (Phi) is 5.86. The molecule has 0 N–H and O–H groups in total. The molecule has 1 aliphatic heterocycles. The summed E-state index contributed by atoms with van der Waals surface area (Å²) in [6.45, 7) is 1.81. The second-order valence-electron chi connectivity index (χ2n) is 7.87. The molecule has 4 nitrogen and oxygen atoms in total. The number of halogens is 2. The summed E-state index contributed by atoms with van der Waals surface area (Å²) in [4.78, 5) is 28.1. The summed E-state index contributed by atoms with van der Waals surface area (Å²) in [6, 6.07) is 12.4. The second-order valence-corrected chi connectivity index (χ2v) is 8.28. The van der Waals surface area contributed by atoms with E-state index in [0.717, 1.165) is 50.7 Å². The number of rotatable bonds is 6. The van der Waals surface area contributed by atoms with Crippen LogP contribution in [0, 0.1) is 11.7 Å². The van der Waals surface area contributed by atoms with Crippen molar-refractivity contribution in [3.05, 3.63) is 64.4 Å². The normalized spacial score (nSPS) is 17.2. The van der Waals surface area contributed by atoms with Crippen LogP contribution in [-0.2, 0) is 11.3 Å². The minimum atomic E-state index is -0.357. The van der Waals surface area contributed by atoms with Crippen LogP contribution in [0.15, 0.2) is 42.5 Å². The molecular formula is C23H24ClFN2O2. The third kappa shape index (κ3) is 4.45. The van der Waals surface area contributed by atoms with Gasteiger partial charge in [-0.15, -0.1) is 0 Å². The third-order valence-electron chi connectivity index (χ3n) is 5.90. The number of hydrogen-bond acceptors (Lipinski definition) is 3. The topological polar surface area (TPSA) is 40.6 Å². The second kappa shape index (κ2) is 8.54. The molecule has 2 fully saturated rings. The summed E-state index contributed by atoms with van der Waals surface area (Å²) in [5.41, 5.74) is 2.13. The van der Waals surface area contributed by atoms with Gasteiger partial charge in [0.15, 0.2) is 0 Å². The van der Waals surface area contributed by atoms with Crippen molar-refractivity contribution < 1.29 is 14.0 Å². The largest absolute Gasteiger partial charge is 0.371 e. The Morgan fingerprint density at radius 2 is 1.79 bits per heavy atom. The zero-order valence-electron chi connectivity index (χ0n) is 16.2. The van der Waals surface area contributed by atoms with E-state index in [-0.39, 0.29) is 30.2 Å². The van der Waals surface area contributed by atoms with Crippen molar-refractivity contribution in [1.82, 2.24) is 4.90 Å². The number of aldehydes is 1. The molecular weight excluding hydrogens is 391 g/mol. The van der Waals surface area contributed by atoms with Crippen molar-refractivity contribution >= 4 is 29.5 Å². The average Bonchev–Trinajstić information content (AvgIpc) is 3.59. The van der Waals surface area contributed by atoms with Gasteiger partial charge in [-0.3, -0.25) is 9.59 Å². The van der Waals surface area contributed by atoms with Crippen molar-refractivity contribution in [3.63, 3.8) is 0 Å². The van der Waals surface area contributed by atoms with E-state index in [1.807, 2.05) is 29.2 Å². The molecule has 4 rings (SSSR count). The number of anilines is 1. The van der Waals surface area contributed by atoms with Gasteiger partial charge in [-0.25, -0.2) is 4.39 Å². The molecule has 2 aromatic carbocycles. The monoisotopic (exact) mass is 414 g/mol. The predicted octanol–water partition coefficient (Wildman–Crippen LogP) is 4.70. The molecule has 6 heteroatoms. The maximum absolute atomic E-state index is 14.2. The smallest absolute Gasteiger partial charge is 0.226 e. The number of benzene rings is 2. The Labute approximate surface area is 175 Å². The Morgan fingerprint density at radius 3 is 2.38 bits per heavy atom. The molecule has 2 aliphatic rings. The SMILES string of the molecule is O=Cc1ccc(N2CCC(C(=O)N(Cc3c(F)cccc3Cl)C3CC3)CC2)cc1. The van der Waals surface area contributed by atoms with Gasteiger partial charge in [-0.05, 0) is 62.1 Å². The molecule has 1 saturated heterocycles. The van der Waals surface area contributed by atoms with E-state index in [9.17, 15) is 14.0 Å². The van der Waals surface area contributed by atoms with Crippen LogP contribution in [-0.4, -0.2) is 36.2 Å². The lowest BCUT2D eigenvalue weighted by Gasteiger charge is -2.35. The first-order valence-corrected chi connectivity index (χ1v) is 10.5. The maximum Gasteiger partial charge on any atom is 0.226 e. The molecule has 0 spiro atoms. The number of carbonyl (C=O) groups excluding carboxylic acids is 2. The molecule has 1 amide bonds. The van der Waals surface area contributed by atoms with Crippen molar-refractivity contribution in [3.8, 4) is 0 Å². The molecule has 1 heterocycles. The Morgan fingerprint density at radius 1 is 1.10 bits per heavy atom. The molecule has 0 radical (unpaired) electrons. The Hall–Kier alpha value is -2.40. The van der Waals surface area contributed by atoms with E-state index in [4.69, 9.17) is 11.6 Å². The van der Waals surface area contributed by atoms with E-state index in [0.29, 0.717) is 16.1 Å².